The predicted octanol–water partition coefficient (Wildman–Crippen LogP) is 2.15. The van der Waals surface area contributed by atoms with Crippen LogP contribution in [0.4, 0.5) is 4.39 Å². The molecule has 1 fully saturated rings. The van der Waals surface area contributed by atoms with Gasteiger partial charge in [0.15, 0.2) is 5.96 Å². The lowest BCUT2D eigenvalue weighted by Gasteiger charge is -2.35. The minimum atomic E-state index is -0.601. The van der Waals surface area contributed by atoms with Gasteiger partial charge >= 0.3 is 0 Å². The van der Waals surface area contributed by atoms with E-state index >= 15 is 0 Å². The molecule has 0 radical (unpaired) electrons. The number of aliphatic hydroxyl groups is 1. The number of guanidine groups is 1. The van der Waals surface area contributed by atoms with Crippen molar-refractivity contribution in [2.45, 2.75) is 45.1 Å². The molecule has 22 heavy (non-hydrogen) atoms. The number of hydrogen-bond acceptors (Lipinski definition) is 2. The third-order valence-corrected chi connectivity index (χ3v) is 4.15. The fourth-order valence-corrected chi connectivity index (χ4v) is 2.57. The van der Waals surface area contributed by atoms with E-state index in [1.807, 2.05) is 19.9 Å². The maximum atomic E-state index is 13.1. The Morgan fingerprint density at radius 1 is 1.36 bits per heavy atom. The Balaban J connectivity index is 1.84. The van der Waals surface area contributed by atoms with Crippen molar-refractivity contribution in [3.05, 3.63) is 35.1 Å². The highest BCUT2D eigenvalue weighted by atomic mass is 19.1. The van der Waals surface area contributed by atoms with Gasteiger partial charge in [0.05, 0.1) is 12.1 Å². The molecule has 0 atom stereocenters. The molecule has 1 saturated carbocycles. The number of rotatable bonds is 6. The molecule has 0 aromatic heterocycles. The van der Waals surface area contributed by atoms with Crippen LogP contribution in [0.2, 0.25) is 0 Å². The third-order valence-electron chi connectivity index (χ3n) is 4.15. The van der Waals surface area contributed by atoms with Crippen molar-refractivity contribution in [3.63, 3.8) is 0 Å². The highest BCUT2D eigenvalue weighted by Crippen LogP contribution is 2.31. The van der Waals surface area contributed by atoms with E-state index < -0.39 is 5.60 Å². The first-order valence-electron chi connectivity index (χ1n) is 8.02. The van der Waals surface area contributed by atoms with Gasteiger partial charge < -0.3 is 15.7 Å². The van der Waals surface area contributed by atoms with Gasteiger partial charge in [-0.3, -0.25) is 4.99 Å². The predicted molar refractivity (Wildman–Crippen MR) is 87.6 cm³/mol. The van der Waals surface area contributed by atoms with Gasteiger partial charge in [0.25, 0.3) is 0 Å². The highest BCUT2D eigenvalue weighted by Gasteiger charge is 2.34. The van der Waals surface area contributed by atoms with Gasteiger partial charge in [-0.25, -0.2) is 4.39 Å². The molecular weight excluding hydrogens is 281 g/mol. The monoisotopic (exact) mass is 307 g/mol. The summed E-state index contributed by atoms with van der Waals surface area (Å²) >= 11 is 0. The molecule has 1 aromatic carbocycles. The number of nitrogens with one attached hydrogen (secondary N) is 2. The van der Waals surface area contributed by atoms with Crippen LogP contribution in [0.5, 0.6) is 0 Å². The molecule has 1 aromatic rings. The summed E-state index contributed by atoms with van der Waals surface area (Å²) in [7, 11) is 0. The quantitative estimate of drug-likeness (QED) is 0.557. The average Bonchev–Trinajstić information content (AvgIpc) is 2.45. The normalized spacial score (nSPS) is 17.0. The standard InChI is InChI=1S/C17H26FN3O/c1-3-19-16(21-12-17(22)8-4-9-17)20-10-7-14-5-6-15(18)11-13(14)2/h5-6,11,22H,3-4,7-10,12H2,1-2H3,(H2,19,20,21). The average molecular weight is 307 g/mol. The second-order valence-corrected chi connectivity index (χ2v) is 6.02. The van der Waals surface area contributed by atoms with Crippen molar-refractivity contribution < 1.29 is 9.50 Å². The lowest BCUT2D eigenvalue weighted by atomic mass is 9.80. The van der Waals surface area contributed by atoms with Gasteiger partial charge in [-0.15, -0.1) is 0 Å². The van der Waals surface area contributed by atoms with Crippen LogP contribution in [0.3, 0.4) is 0 Å². The molecule has 1 aliphatic carbocycles. The zero-order chi connectivity index (χ0) is 16.0. The zero-order valence-corrected chi connectivity index (χ0v) is 13.5. The summed E-state index contributed by atoms with van der Waals surface area (Å²) in [4.78, 5) is 4.46. The van der Waals surface area contributed by atoms with Crippen molar-refractivity contribution in [2.75, 3.05) is 19.6 Å². The van der Waals surface area contributed by atoms with Crippen molar-refractivity contribution in [1.82, 2.24) is 10.6 Å². The molecule has 0 bridgehead atoms. The minimum Gasteiger partial charge on any atom is -0.388 e. The molecule has 5 heteroatoms. The van der Waals surface area contributed by atoms with Crippen LogP contribution in [0.1, 0.15) is 37.3 Å². The van der Waals surface area contributed by atoms with Crippen molar-refractivity contribution in [2.24, 2.45) is 4.99 Å². The largest absolute Gasteiger partial charge is 0.388 e. The van der Waals surface area contributed by atoms with Crippen LogP contribution >= 0.6 is 0 Å². The van der Waals surface area contributed by atoms with Gasteiger partial charge in [-0.05, 0) is 62.8 Å². The minimum absolute atomic E-state index is 0.196. The highest BCUT2D eigenvalue weighted by molar-refractivity contribution is 5.79. The van der Waals surface area contributed by atoms with E-state index in [-0.39, 0.29) is 5.82 Å². The summed E-state index contributed by atoms with van der Waals surface area (Å²) in [5.41, 5.74) is 1.49. The Morgan fingerprint density at radius 2 is 2.14 bits per heavy atom. The van der Waals surface area contributed by atoms with Gasteiger partial charge in [-0.1, -0.05) is 6.07 Å². The van der Waals surface area contributed by atoms with E-state index in [0.29, 0.717) is 6.54 Å². The van der Waals surface area contributed by atoms with Crippen molar-refractivity contribution >= 4 is 5.96 Å². The van der Waals surface area contributed by atoms with Crippen LogP contribution < -0.4 is 10.6 Å². The summed E-state index contributed by atoms with van der Waals surface area (Å²) in [6.07, 6.45) is 3.57. The molecular formula is C17H26FN3O. The Kier molecular flexibility index (Phi) is 5.77. The summed E-state index contributed by atoms with van der Waals surface area (Å²) in [6.45, 7) is 5.87. The smallest absolute Gasteiger partial charge is 0.191 e. The second-order valence-electron chi connectivity index (χ2n) is 6.02. The Bertz CT molecular complexity index is 527. The first-order chi connectivity index (χ1) is 10.5. The Morgan fingerprint density at radius 3 is 2.73 bits per heavy atom. The van der Waals surface area contributed by atoms with Crippen LogP contribution in [-0.4, -0.2) is 36.3 Å². The number of aliphatic imine (C=N–C) groups is 1. The van der Waals surface area contributed by atoms with Crippen LogP contribution in [0.25, 0.3) is 0 Å². The van der Waals surface area contributed by atoms with E-state index in [0.717, 1.165) is 55.9 Å². The van der Waals surface area contributed by atoms with Crippen LogP contribution in [0.15, 0.2) is 23.2 Å². The topological polar surface area (TPSA) is 56.7 Å². The number of aryl methyl sites for hydroxylation is 1. The van der Waals surface area contributed by atoms with E-state index in [1.54, 1.807) is 6.07 Å². The first kappa shape index (κ1) is 16.7. The molecule has 2 rings (SSSR count). The lowest BCUT2D eigenvalue weighted by molar-refractivity contribution is -0.0236. The Hall–Kier alpha value is -1.62. The van der Waals surface area contributed by atoms with E-state index in [9.17, 15) is 9.50 Å². The second kappa shape index (κ2) is 7.58. The SMILES string of the molecule is CCNC(=NCC1(O)CCC1)NCCc1ccc(F)cc1C. The van der Waals surface area contributed by atoms with Crippen LogP contribution in [0, 0.1) is 12.7 Å². The number of halogens is 1. The van der Waals surface area contributed by atoms with Crippen molar-refractivity contribution in [3.8, 4) is 0 Å². The molecule has 0 heterocycles. The molecule has 0 amide bonds. The van der Waals surface area contributed by atoms with Gasteiger partial charge in [0.2, 0.25) is 0 Å². The maximum Gasteiger partial charge on any atom is 0.191 e. The zero-order valence-electron chi connectivity index (χ0n) is 13.5. The van der Waals surface area contributed by atoms with Gasteiger partial charge in [0.1, 0.15) is 5.82 Å². The summed E-state index contributed by atoms with van der Waals surface area (Å²) < 4.78 is 13.1. The van der Waals surface area contributed by atoms with Crippen molar-refractivity contribution in [1.29, 1.82) is 0 Å². The van der Waals surface area contributed by atoms with Gasteiger partial charge in [0, 0.05) is 13.1 Å². The summed E-state index contributed by atoms with van der Waals surface area (Å²) in [5.74, 6) is 0.528. The molecule has 0 unspecified atom stereocenters. The lowest BCUT2D eigenvalue weighted by Crippen LogP contribution is -2.43. The first-order valence-corrected chi connectivity index (χ1v) is 8.02. The third kappa shape index (κ3) is 4.70. The number of benzene rings is 1. The van der Waals surface area contributed by atoms with Crippen LogP contribution in [-0.2, 0) is 6.42 Å². The van der Waals surface area contributed by atoms with E-state index in [2.05, 4.69) is 15.6 Å². The molecule has 122 valence electrons. The summed E-state index contributed by atoms with van der Waals surface area (Å²) in [5, 5.41) is 16.5. The van der Waals surface area contributed by atoms with Gasteiger partial charge in [-0.2, -0.15) is 0 Å². The molecule has 3 N–H and O–H groups in total. The molecule has 0 aliphatic heterocycles. The molecule has 1 aliphatic rings. The maximum absolute atomic E-state index is 13.1. The van der Waals surface area contributed by atoms with E-state index in [4.69, 9.17) is 0 Å². The summed E-state index contributed by atoms with van der Waals surface area (Å²) in [6, 6.07) is 4.88. The Labute approximate surface area is 131 Å². The number of nitrogens with zero attached hydrogens (tertiary/aromatic N) is 1. The van der Waals surface area contributed by atoms with E-state index in [1.165, 1.54) is 6.07 Å². The fraction of sp³-hybridized carbons (Fsp3) is 0.588. The fourth-order valence-electron chi connectivity index (χ4n) is 2.57. The molecule has 4 nitrogen and oxygen atoms in total. The number of hydrogen-bond donors (Lipinski definition) is 3. The molecule has 0 spiro atoms. The molecule has 0 saturated heterocycles.